The summed E-state index contributed by atoms with van der Waals surface area (Å²) in [4.78, 5) is 4.44. The van der Waals surface area contributed by atoms with Crippen LogP contribution in [0, 0.1) is 11.3 Å². The molecule has 0 spiro atoms. The topological polar surface area (TPSA) is 71.9 Å². The highest BCUT2D eigenvalue weighted by Crippen LogP contribution is 2.46. The van der Waals surface area contributed by atoms with Crippen LogP contribution in [0.2, 0.25) is 5.02 Å². The fourth-order valence-corrected chi connectivity index (χ4v) is 3.79. The Balaban J connectivity index is 1.97. The first-order valence-corrected chi connectivity index (χ1v) is 9.13. The maximum absolute atomic E-state index is 9.73. The van der Waals surface area contributed by atoms with Gasteiger partial charge in [-0.05, 0) is 35.2 Å². The molecule has 1 aliphatic rings. The molecule has 1 unspecified atom stereocenters. The number of nitrogens with zero attached hydrogens (tertiary/aromatic N) is 2. The molecule has 4 rings (SSSR count). The molecule has 4 nitrogen and oxygen atoms in total. The number of halogens is 1. The van der Waals surface area contributed by atoms with E-state index in [9.17, 15) is 5.26 Å². The van der Waals surface area contributed by atoms with Crippen LogP contribution in [0.15, 0.2) is 60.1 Å². The average molecular weight is 376 g/mol. The first-order chi connectivity index (χ1) is 13.0. The number of benzene rings is 2. The molecule has 0 aliphatic carbocycles. The first-order valence-electron chi connectivity index (χ1n) is 8.75. The third-order valence-electron chi connectivity index (χ3n) is 4.96. The second kappa shape index (κ2) is 6.61. The zero-order valence-electron chi connectivity index (χ0n) is 15.0. The Morgan fingerprint density at radius 2 is 1.96 bits per heavy atom. The van der Waals surface area contributed by atoms with E-state index in [1.165, 1.54) is 5.56 Å². The van der Waals surface area contributed by atoms with Crippen LogP contribution in [-0.2, 0) is 0 Å². The highest BCUT2D eigenvalue weighted by Gasteiger charge is 2.32. The van der Waals surface area contributed by atoms with E-state index in [4.69, 9.17) is 22.1 Å². The van der Waals surface area contributed by atoms with Crippen LogP contribution in [0.1, 0.15) is 42.4 Å². The van der Waals surface area contributed by atoms with Crippen molar-refractivity contribution < 1.29 is 4.74 Å². The van der Waals surface area contributed by atoms with Gasteiger partial charge in [0.05, 0.1) is 10.9 Å². The van der Waals surface area contributed by atoms with Crippen molar-refractivity contribution in [3.8, 4) is 11.8 Å². The van der Waals surface area contributed by atoms with E-state index in [0.29, 0.717) is 27.8 Å². The van der Waals surface area contributed by atoms with Crippen molar-refractivity contribution in [2.45, 2.75) is 25.7 Å². The van der Waals surface area contributed by atoms with E-state index >= 15 is 0 Å². The van der Waals surface area contributed by atoms with Gasteiger partial charge in [-0.1, -0.05) is 49.7 Å². The van der Waals surface area contributed by atoms with Crippen LogP contribution in [0.5, 0.6) is 5.75 Å². The maximum Gasteiger partial charge on any atom is 0.205 e. The fraction of sp³-hybridized carbons (Fsp3) is 0.182. The van der Waals surface area contributed by atoms with Gasteiger partial charge in [-0.15, -0.1) is 0 Å². The zero-order chi connectivity index (χ0) is 19.1. The molecule has 1 aromatic heterocycles. The summed E-state index contributed by atoms with van der Waals surface area (Å²) in [7, 11) is 0. The Morgan fingerprint density at radius 1 is 1.22 bits per heavy atom. The third-order valence-corrected chi connectivity index (χ3v) is 5.27. The summed E-state index contributed by atoms with van der Waals surface area (Å²) >= 11 is 6.52. The van der Waals surface area contributed by atoms with Crippen molar-refractivity contribution in [1.29, 1.82) is 5.26 Å². The van der Waals surface area contributed by atoms with Crippen molar-refractivity contribution in [1.82, 2.24) is 4.98 Å². The number of hydrogen-bond acceptors (Lipinski definition) is 4. The third kappa shape index (κ3) is 2.81. The predicted molar refractivity (Wildman–Crippen MR) is 107 cm³/mol. The molecular formula is C22H18ClN3O. The summed E-state index contributed by atoms with van der Waals surface area (Å²) in [5.74, 6) is 0.755. The zero-order valence-corrected chi connectivity index (χ0v) is 15.8. The van der Waals surface area contributed by atoms with Crippen molar-refractivity contribution in [2.75, 3.05) is 0 Å². The minimum atomic E-state index is -0.344. The van der Waals surface area contributed by atoms with Gasteiger partial charge in [0.2, 0.25) is 5.88 Å². The molecular weight excluding hydrogens is 358 g/mol. The highest BCUT2D eigenvalue weighted by molar-refractivity contribution is 6.35. The average Bonchev–Trinajstić information content (AvgIpc) is 2.68. The second-order valence-corrected chi connectivity index (χ2v) is 7.33. The van der Waals surface area contributed by atoms with Gasteiger partial charge < -0.3 is 10.5 Å². The smallest absolute Gasteiger partial charge is 0.205 e. The van der Waals surface area contributed by atoms with Crippen LogP contribution in [0.4, 0.5) is 0 Å². The lowest BCUT2D eigenvalue weighted by atomic mass is 9.82. The lowest BCUT2D eigenvalue weighted by Gasteiger charge is -2.27. The summed E-state index contributed by atoms with van der Waals surface area (Å²) in [5, 5.41) is 11.1. The van der Waals surface area contributed by atoms with Crippen LogP contribution >= 0.6 is 11.6 Å². The Labute approximate surface area is 162 Å². The van der Waals surface area contributed by atoms with Gasteiger partial charge in [0.1, 0.15) is 17.2 Å². The fourth-order valence-electron chi connectivity index (χ4n) is 3.52. The number of ether oxygens (including phenoxy) is 1. The van der Waals surface area contributed by atoms with Gasteiger partial charge in [0.15, 0.2) is 5.75 Å². The molecule has 1 aliphatic heterocycles. The quantitative estimate of drug-likeness (QED) is 0.665. The van der Waals surface area contributed by atoms with Crippen molar-refractivity contribution in [2.24, 2.45) is 5.73 Å². The van der Waals surface area contributed by atoms with E-state index in [1.807, 2.05) is 30.3 Å². The van der Waals surface area contributed by atoms with E-state index in [1.54, 1.807) is 6.20 Å². The molecule has 0 amide bonds. The van der Waals surface area contributed by atoms with E-state index in [0.717, 1.165) is 16.5 Å². The van der Waals surface area contributed by atoms with Gasteiger partial charge >= 0.3 is 0 Å². The Kier molecular flexibility index (Phi) is 4.25. The number of rotatable bonds is 2. The van der Waals surface area contributed by atoms with Gasteiger partial charge in [0, 0.05) is 17.1 Å². The Hall–Kier alpha value is -3.03. The number of pyridine rings is 1. The van der Waals surface area contributed by atoms with Crippen LogP contribution in [0.25, 0.3) is 10.9 Å². The van der Waals surface area contributed by atoms with Crippen LogP contribution in [0.3, 0.4) is 0 Å². The summed E-state index contributed by atoms with van der Waals surface area (Å²) in [6.07, 6.45) is 1.69. The number of fused-ring (bicyclic) bond motifs is 3. The molecule has 0 bridgehead atoms. The number of nitrogens with two attached hydrogens (primary N) is 1. The summed E-state index contributed by atoms with van der Waals surface area (Å²) in [6.45, 7) is 4.30. The number of allylic oxidation sites excluding steroid dienone is 1. The molecule has 134 valence electrons. The van der Waals surface area contributed by atoms with Gasteiger partial charge in [0.25, 0.3) is 0 Å². The SMILES string of the molecule is CC(C)c1ccc(C2C(C#N)=C(N)Oc3c2cc(Cl)c2cccnc32)cc1. The minimum Gasteiger partial charge on any atom is -0.438 e. The summed E-state index contributed by atoms with van der Waals surface area (Å²) in [6, 6.07) is 16.0. The number of nitriles is 1. The highest BCUT2D eigenvalue weighted by atomic mass is 35.5. The van der Waals surface area contributed by atoms with Gasteiger partial charge in [-0.25, -0.2) is 0 Å². The molecule has 1 atom stereocenters. The molecule has 3 aromatic rings. The lowest BCUT2D eigenvalue weighted by Crippen LogP contribution is -2.21. The normalized spacial score (nSPS) is 16.2. The molecule has 5 heteroatoms. The van der Waals surface area contributed by atoms with Gasteiger partial charge in [-0.2, -0.15) is 5.26 Å². The van der Waals surface area contributed by atoms with E-state index in [-0.39, 0.29) is 11.8 Å². The summed E-state index contributed by atoms with van der Waals surface area (Å²) in [5.41, 5.74) is 10.1. The summed E-state index contributed by atoms with van der Waals surface area (Å²) < 4.78 is 5.83. The monoisotopic (exact) mass is 375 g/mol. The first kappa shape index (κ1) is 17.4. The Morgan fingerprint density at radius 3 is 2.63 bits per heavy atom. The minimum absolute atomic E-state index is 0.109. The van der Waals surface area contributed by atoms with Crippen LogP contribution < -0.4 is 10.5 Å². The van der Waals surface area contributed by atoms with Crippen molar-refractivity contribution in [3.63, 3.8) is 0 Å². The molecule has 0 saturated heterocycles. The molecule has 2 aromatic carbocycles. The number of hydrogen-bond donors (Lipinski definition) is 1. The molecule has 0 radical (unpaired) electrons. The number of aromatic nitrogens is 1. The molecule has 2 N–H and O–H groups in total. The lowest BCUT2D eigenvalue weighted by molar-refractivity contribution is 0.397. The van der Waals surface area contributed by atoms with Crippen molar-refractivity contribution in [3.05, 3.63) is 81.8 Å². The van der Waals surface area contributed by atoms with Gasteiger partial charge in [-0.3, -0.25) is 4.98 Å². The predicted octanol–water partition coefficient (Wildman–Crippen LogP) is 5.23. The van der Waals surface area contributed by atoms with E-state index in [2.05, 4.69) is 37.0 Å². The molecule has 0 saturated carbocycles. The standard InChI is InChI=1S/C22H18ClN3O/c1-12(2)13-5-7-14(8-6-13)19-16-10-18(23)15-4-3-9-26-20(15)21(16)27-22(25)17(19)11-24/h3-10,12,19H,25H2,1-2H3. The van der Waals surface area contributed by atoms with E-state index < -0.39 is 0 Å². The second-order valence-electron chi connectivity index (χ2n) is 6.92. The molecule has 2 heterocycles. The Bertz CT molecular complexity index is 1110. The van der Waals surface area contributed by atoms with Crippen molar-refractivity contribution >= 4 is 22.5 Å². The van der Waals surface area contributed by atoms with Crippen LogP contribution in [-0.4, -0.2) is 4.98 Å². The maximum atomic E-state index is 9.73. The molecule has 27 heavy (non-hydrogen) atoms. The largest absolute Gasteiger partial charge is 0.438 e. The molecule has 0 fully saturated rings.